The molecule has 0 aliphatic rings. The van der Waals surface area contributed by atoms with Crippen molar-refractivity contribution in [1.82, 2.24) is 10.2 Å². The van der Waals surface area contributed by atoms with Gasteiger partial charge in [0.25, 0.3) is 0 Å². The minimum absolute atomic E-state index is 0.330. The Morgan fingerprint density at radius 2 is 1.86 bits per heavy atom. The molecule has 0 aromatic rings. The van der Waals surface area contributed by atoms with E-state index in [0.717, 1.165) is 39.3 Å². The molecule has 3 heteroatoms. The Balaban J connectivity index is 3.27. The molecule has 0 rings (SSSR count). The highest BCUT2D eigenvalue weighted by Gasteiger charge is 2.01. The molecule has 0 amide bonds. The van der Waals surface area contributed by atoms with Crippen molar-refractivity contribution in [2.75, 3.05) is 39.3 Å². The predicted molar refractivity (Wildman–Crippen MR) is 61.7 cm³/mol. The standard InChI is InChI=1S/C11H26N2O/c1-5-13(6-2)9-8-12-10-11(4)14-7-3/h11-12H,5-10H2,1-4H3. The maximum absolute atomic E-state index is 5.43. The molecule has 0 aromatic carbocycles. The lowest BCUT2D eigenvalue weighted by Crippen LogP contribution is -2.35. The van der Waals surface area contributed by atoms with E-state index in [4.69, 9.17) is 4.74 Å². The second kappa shape index (κ2) is 9.44. The van der Waals surface area contributed by atoms with Crippen LogP contribution in [0.2, 0.25) is 0 Å². The molecule has 0 fully saturated rings. The maximum Gasteiger partial charge on any atom is 0.0671 e. The van der Waals surface area contributed by atoms with Gasteiger partial charge in [-0.15, -0.1) is 0 Å². The molecule has 0 spiro atoms. The predicted octanol–water partition coefficient (Wildman–Crippen LogP) is 1.34. The van der Waals surface area contributed by atoms with Gasteiger partial charge >= 0.3 is 0 Å². The van der Waals surface area contributed by atoms with E-state index in [1.165, 1.54) is 0 Å². The van der Waals surface area contributed by atoms with Gasteiger partial charge in [-0.05, 0) is 26.9 Å². The summed E-state index contributed by atoms with van der Waals surface area (Å²) < 4.78 is 5.43. The first-order chi connectivity index (χ1) is 6.74. The molecule has 0 aliphatic heterocycles. The average molecular weight is 202 g/mol. The Hall–Kier alpha value is -0.120. The highest BCUT2D eigenvalue weighted by Crippen LogP contribution is 1.88. The molecule has 1 atom stereocenters. The number of rotatable bonds is 9. The summed E-state index contributed by atoms with van der Waals surface area (Å²) in [6.07, 6.45) is 0.330. The Morgan fingerprint density at radius 3 is 2.36 bits per heavy atom. The fourth-order valence-corrected chi connectivity index (χ4v) is 1.43. The van der Waals surface area contributed by atoms with Crippen molar-refractivity contribution in [3.05, 3.63) is 0 Å². The van der Waals surface area contributed by atoms with Gasteiger partial charge in [0.1, 0.15) is 0 Å². The highest BCUT2D eigenvalue weighted by molar-refractivity contribution is 4.58. The minimum atomic E-state index is 0.330. The van der Waals surface area contributed by atoms with Crippen LogP contribution in [-0.2, 0) is 4.74 Å². The molecule has 0 radical (unpaired) electrons. The van der Waals surface area contributed by atoms with E-state index >= 15 is 0 Å². The number of nitrogens with one attached hydrogen (secondary N) is 1. The summed E-state index contributed by atoms with van der Waals surface area (Å²) in [5.74, 6) is 0. The van der Waals surface area contributed by atoms with Gasteiger partial charge in [-0.1, -0.05) is 13.8 Å². The monoisotopic (exact) mass is 202 g/mol. The summed E-state index contributed by atoms with van der Waals surface area (Å²) in [4.78, 5) is 2.42. The Kier molecular flexibility index (Phi) is 9.35. The van der Waals surface area contributed by atoms with Gasteiger partial charge in [0.05, 0.1) is 6.10 Å². The van der Waals surface area contributed by atoms with E-state index in [1.807, 2.05) is 6.92 Å². The van der Waals surface area contributed by atoms with Crippen molar-refractivity contribution in [3.63, 3.8) is 0 Å². The van der Waals surface area contributed by atoms with Crippen LogP contribution in [0.1, 0.15) is 27.7 Å². The summed E-state index contributed by atoms with van der Waals surface area (Å²) in [5.41, 5.74) is 0. The van der Waals surface area contributed by atoms with Crippen LogP contribution >= 0.6 is 0 Å². The second-order valence-corrected chi connectivity index (χ2v) is 3.50. The fourth-order valence-electron chi connectivity index (χ4n) is 1.43. The zero-order valence-electron chi connectivity index (χ0n) is 10.2. The van der Waals surface area contributed by atoms with Crippen molar-refractivity contribution in [2.45, 2.75) is 33.8 Å². The van der Waals surface area contributed by atoms with Crippen LogP contribution in [0.3, 0.4) is 0 Å². The quantitative estimate of drug-likeness (QED) is 0.571. The van der Waals surface area contributed by atoms with Crippen molar-refractivity contribution in [2.24, 2.45) is 0 Å². The normalized spacial score (nSPS) is 13.5. The molecule has 3 nitrogen and oxygen atoms in total. The molecule has 0 heterocycles. The first kappa shape index (κ1) is 13.9. The molecule has 0 saturated carbocycles. The summed E-state index contributed by atoms with van der Waals surface area (Å²) in [7, 11) is 0. The number of nitrogens with zero attached hydrogens (tertiary/aromatic N) is 1. The lowest BCUT2D eigenvalue weighted by atomic mass is 10.4. The molecule has 0 aromatic heterocycles. The topological polar surface area (TPSA) is 24.5 Å². The second-order valence-electron chi connectivity index (χ2n) is 3.50. The summed E-state index contributed by atoms with van der Waals surface area (Å²) in [5, 5.41) is 3.40. The molecule has 1 unspecified atom stereocenters. The molecule has 86 valence electrons. The van der Waals surface area contributed by atoms with Crippen LogP contribution in [0.5, 0.6) is 0 Å². The van der Waals surface area contributed by atoms with E-state index < -0.39 is 0 Å². The lowest BCUT2D eigenvalue weighted by molar-refractivity contribution is 0.0757. The van der Waals surface area contributed by atoms with Crippen molar-refractivity contribution in [1.29, 1.82) is 0 Å². The third kappa shape index (κ3) is 7.30. The Morgan fingerprint density at radius 1 is 1.21 bits per heavy atom. The summed E-state index contributed by atoms with van der Waals surface area (Å²) >= 11 is 0. The molecule has 1 N–H and O–H groups in total. The smallest absolute Gasteiger partial charge is 0.0671 e. The Labute approximate surface area is 88.8 Å². The van der Waals surface area contributed by atoms with Crippen LogP contribution in [0.4, 0.5) is 0 Å². The van der Waals surface area contributed by atoms with E-state index in [2.05, 4.69) is 31.0 Å². The zero-order chi connectivity index (χ0) is 10.8. The molecule has 14 heavy (non-hydrogen) atoms. The lowest BCUT2D eigenvalue weighted by Gasteiger charge is -2.19. The summed E-state index contributed by atoms with van der Waals surface area (Å²) in [6.45, 7) is 14.8. The van der Waals surface area contributed by atoms with Gasteiger partial charge in [0, 0.05) is 26.2 Å². The zero-order valence-corrected chi connectivity index (χ0v) is 10.2. The third-order valence-corrected chi connectivity index (χ3v) is 2.38. The maximum atomic E-state index is 5.43. The fraction of sp³-hybridized carbons (Fsp3) is 1.00. The SMILES string of the molecule is CCOC(C)CNCCN(CC)CC. The molecule has 0 bridgehead atoms. The number of likely N-dealkylation sites (N-methyl/N-ethyl adjacent to an activating group) is 1. The van der Waals surface area contributed by atoms with Crippen LogP contribution in [0.25, 0.3) is 0 Å². The van der Waals surface area contributed by atoms with E-state index in [0.29, 0.717) is 6.10 Å². The number of hydrogen-bond donors (Lipinski definition) is 1. The van der Waals surface area contributed by atoms with Crippen LogP contribution in [0.15, 0.2) is 0 Å². The molecular formula is C11H26N2O. The average Bonchev–Trinajstić information content (AvgIpc) is 2.19. The number of hydrogen-bond acceptors (Lipinski definition) is 3. The van der Waals surface area contributed by atoms with Gasteiger partial charge < -0.3 is 15.0 Å². The summed E-state index contributed by atoms with van der Waals surface area (Å²) in [6, 6.07) is 0. The van der Waals surface area contributed by atoms with Crippen molar-refractivity contribution < 1.29 is 4.74 Å². The van der Waals surface area contributed by atoms with Crippen LogP contribution in [0, 0.1) is 0 Å². The van der Waals surface area contributed by atoms with Gasteiger partial charge in [-0.3, -0.25) is 0 Å². The van der Waals surface area contributed by atoms with E-state index in [1.54, 1.807) is 0 Å². The van der Waals surface area contributed by atoms with Crippen LogP contribution < -0.4 is 5.32 Å². The van der Waals surface area contributed by atoms with E-state index in [9.17, 15) is 0 Å². The van der Waals surface area contributed by atoms with Crippen molar-refractivity contribution in [3.8, 4) is 0 Å². The van der Waals surface area contributed by atoms with Gasteiger partial charge in [0.15, 0.2) is 0 Å². The molecule has 0 aliphatic carbocycles. The Bertz CT molecular complexity index is 116. The first-order valence-electron chi connectivity index (χ1n) is 5.79. The largest absolute Gasteiger partial charge is 0.377 e. The molecule has 0 saturated heterocycles. The number of ether oxygens (including phenoxy) is 1. The van der Waals surface area contributed by atoms with Crippen LogP contribution in [-0.4, -0.2) is 50.3 Å². The first-order valence-corrected chi connectivity index (χ1v) is 5.79. The highest BCUT2D eigenvalue weighted by atomic mass is 16.5. The van der Waals surface area contributed by atoms with Crippen molar-refractivity contribution >= 4 is 0 Å². The minimum Gasteiger partial charge on any atom is -0.377 e. The van der Waals surface area contributed by atoms with Gasteiger partial charge in [-0.2, -0.15) is 0 Å². The van der Waals surface area contributed by atoms with Gasteiger partial charge in [0.2, 0.25) is 0 Å². The van der Waals surface area contributed by atoms with E-state index in [-0.39, 0.29) is 0 Å². The van der Waals surface area contributed by atoms with Gasteiger partial charge in [-0.25, -0.2) is 0 Å². The molecular weight excluding hydrogens is 176 g/mol. The third-order valence-electron chi connectivity index (χ3n) is 2.38.